The van der Waals surface area contributed by atoms with Crippen molar-refractivity contribution in [3.05, 3.63) is 119 Å². The normalized spacial score (nSPS) is 21.1. The summed E-state index contributed by atoms with van der Waals surface area (Å²) in [5.74, 6) is -5.27. The number of rotatable bonds is 18. The van der Waals surface area contributed by atoms with Crippen LogP contribution in [0.1, 0.15) is 80.1 Å². The van der Waals surface area contributed by atoms with Gasteiger partial charge < -0.3 is 30.5 Å². The molecule has 0 spiro atoms. The van der Waals surface area contributed by atoms with Crippen molar-refractivity contribution in [2.45, 2.75) is 84.7 Å². The van der Waals surface area contributed by atoms with Gasteiger partial charge in [0.15, 0.2) is 11.6 Å². The number of hydrogen-bond acceptors (Lipinski definition) is 13. The molecular weight excluding hydrogens is 1080 g/mol. The molecule has 0 bridgehead atoms. The zero-order valence-electron chi connectivity index (χ0n) is 45.9. The zero-order chi connectivity index (χ0) is 57.3. The largest absolute Gasteiger partial charge is 0.393 e. The number of aromatic amines is 1. The molecule has 81 heavy (non-hydrogen) atoms. The maximum absolute atomic E-state index is 15.8. The molecule has 17 nitrogen and oxygen atoms in total. The van der Waals surface area contributed by atoms with Crippen molar-refractivity contribution in [2.75, 3.05) is 75.1 Å². The van der Waals surface area contributed by atoms with Gasteiger partial charge in [0, 0.05) is 106 Å². The van der Waals surface area contributed by atoms with Crippen LogP contribution in [0, 0.1) is 41.7 Å². The smallest absolute Gasteiger partial charge is 0.301 e. The van der Waals surface area contributed by atoms with Gasteiger partial charge in [-0.3, -0.25) is 28.8 Å². The van der Waals surface area contributed by atoms with Gasteiger partial charge >= 0.3 is 10.2 Å². The van der Waals surface area contributed by atoms with Crippen molar-refractivity contribution in [1.82, 2.24) is 39.7 Å². The highest BCUT2D eigenvalue weighted by atomic mass is 32.2. The van der Waals surface area contributed by atoms with Gasteiger partial charge in [-0.2, -0.15) is 12.7 Å². The van der Waals surface area contributed by atoms with Crippen molar-refractivity contribution in [3.8, 4) is 21.6 Å². The summed E-state index contributed by atoms with van der Waals surface area (Å²) in [5, 5.41) is 17.1. The number of Topliss-reactive ketones (excluding diaryl/α,β-unsaturated/α-hetero) is 1. The molecule has 3 aromatic carbocycles. The fraction of sp³-hybridized carbons (Fsp3) is 0.458. The molecule has 3 aliphatic heterocycles. The molecule has 10 rings (SSSR count). The molecule has 4 fully saturated rings. The Balaban J connectivity index is 0.678. The number of nitrogens with one attached hydrogen (secondary N) is 4. The third-order valence-corrected chi connectivity index (χ3v) is 18.9. The molecule has 0 radical (unpaired) electrons. The lowest BCUT2D eigenvalue weighted by atomic mass is 9.77. The van der Waals surface area contributed by atoms with Gasteiger partial charge in [0.1, 0.15) is 17.6 Å². The van der Waals surface area contributed by atoms with Gasteiger partial charge in [0.05, 0.1) is 51.9 Å². The van der Waals surface area contributed by atoms with Crippen LogP contribution in [0.5, 0.6) is 0 Å². The Morgan fingerprint density at radius 3 is 2.21 bits per heavy atom. The van der Waals surface area contributed by atoms with Gasteiger partial charge in [-0.1, -0.05) is 57.2 Å². The number of alkyl halides is 1. The minimum atomic E-state index is -4.37. The summed E-state index contributed by atoms with van der Waals surface area (Å²) >= 11 is 1.58. The van der Waals surface area contributed by atoms with Crippen LogP contribution in [0.4, 0.5) is 24.5 Å². The minimum Gasteiger partial charge on any atom is -0.393 e. The number of pyridine rings is 1. The summed E-state index contributed by atoms with van der Waals surface area (Å²) in [5.41, 5.74) is 5.33. The lowest BCUT2D eigenvalue weighted by Crippen LogP contribution is -2.56. The van der Waals surface area contributed by atoms with Crippen molar-refractivity contribution >= 4 is 67.3 Å². The zero-order valence-corrected chi connectivity index (χ0v) is 47.5. The number of hydrogen-bond donors (Lipinski definition) is 5. The number of H-pyrrole nitrogens is 1. The molecule has 430 valence electrons. The first-order valence-corrected chi connectivity index (χ1v) is 30.0. The molecule has 4 aliphatic rings. The maximum atomic E-state index is 15.8. The fourth-order valence-corrected chi connectivity index (χ4v) is 13.9. The van der Waals surface area contributed by atoms with Crippen LogP contribution in [-0.2, 0) is 31.1 Å². The van der Waals surface area contributed by atoms with Crippen LogP contribution < -0.4 is 20.3 Å². The molecule has 1 saturated carbocycles. The van der Waals surface area contributed by atoms with Crippen LogP contribution in [0.25, 0.3) is 32.6 Å². The molecule has 6 aromatic rings. The number of piperidine rings is 1. The van der Waals surface area contributed by atoms with E-state index in [1.165, 1.54) is 6.20 Å². The van der Waals surface area contributed by atoms with Crippen LogP contribution in [0.3, 0.4) is 0 Å². The summed E-state index contributed by atoms with van der Waals surface area (Å²) in [4.78, 5) is 75.2. The predicted molar refractivity (Wildman–Crippen MR) is 306 cm³/mol. The first-order chi connectivity index (χ1) is 38.7. The number of ketones is 2. The van der Waals surface area contributed by atoms with Crippen molar-refractivity contribution < 1.29 is 45.9 Å². The van der Waals surface area contributed by atoms with Crippen molar-refractivity contribution in [3.63, 3.8) is 0 Å². The van der Waals surface area contributed by atoms with Crippen LogP contribution in [-0.4, -0.2) is 150 Å². The van der Waals surface area contributed by atoms with E-state index in [1.807, 2.05) is 86.5 Å². The Bertz CT molecular complexity index is 3390. The number of piperazine rings is 1. The summed E-state index contributed by atoms with van der Waals surface area (Å²) < 4.78 is 73.4. The van der Waals surface area contributed by atoms with Crippen molar-refractivity contribution in [2.24, 2.45) is 23.2 Å². The van der Waals surface area contributed by atoms with Crippen LogP contribution >= 0.6 is 11.3 Å². The lowest BCUT2D eigenvalue weighted by molar-refractivity contribution is -0.137. The lowest BCUT2D eigenvalue weighted by Gasteiger charge is -2.39. The Morgan fingerprint density at radius 1 is 0.852 bits per heavy atom. The van der Waals surface area contributed by atoms with Gasteiger partial charge in [0.2, 0.25) is 17.6 Å². The number of anilines is 2. The number of halogens is 3. The second-order valence-corrected chi connectivity index (χ2v) is 25.7. The van der Waals surface area contributed by atoms with E-state index in [9.17, 15) is 37.1 Å². The molecule has 3 saturated heterocycles. The van der Waals surface area contributed by atoms with Crippen LogP contribution in [0.2, 0.25) is 0 Å². The molecule has 1 aliphatic carbocycles. The predicted octanol–water partition coefficient (Wildman–Crippen LogP) is 7.51. The SMILES string of the molecule is Cc1ncsc1-c1ccc(CNC(=O)[C@@H]2C[C@@H](O)CC2C(=O)C(NC(=O)CN2CCN(CC3CCN(c4ccc(-c5cnc6[nH]cc(C(=O)c7c(F)ccc(NS(=O)(=O)N8CC[C@@H](F)C8)c7F)c6c5)cc4)CC3)CC2)C(C)(C)C)cc1. The minimum absolute atomic E-state index is 0.00425. The summed E-state index contributed by atoms with van der Waals surface area (Å²) in [7, 11) is -4.37. The number of aliphatic hydroxyl groups is 1. The molecular formula is C59H69F3N10O7S2. The average molecular weight is 1150 g/mol. The number of aryl methyl sites for hydroxylation is 1. The third-order valence-electron chi connectivity index (χ3n) is 16.4. The first-order valence-electron chi connectivity index (χ1n) is 27.7. The number of nitrogens with zero attached hydrogens (tertiary/aromatic N) is 6. The van der Waals surface area contributed by atoms with E-state index in [0.717, 1.165) is 95.0 Å². The van der Waals surface area contributed by atoms with E-state index < -0.39 is 81.0 Å². The Morgan fingerprint density at radius 2 is 1.54 bits per heavy atom. The van der Waals surface area contributed by atoms with Crippen molar-refractivity contribution in [1.29, 1.82) is 0 Å². The molecule has 22 heteroatoms. The molecule has 5 atom stereocenters. The molecule has 3 aromatic heterocycles. The van der Waals surface area contributed by atoms with E-state index in [2.05, 4.69) is 40.3 Å². The fourth-order valence-electron chi connectivity index (χ4n) is 11.8. The number of aliphatic hydroxyl groups excluding tert-OH is 1. The Labute approximate surface area is 473 Å². The highest BCUT2D eigenvalue weighted by Gasteiger charge is 2.47. The maximum Gasteiger partial charge on any atom is 0.301 e. The first kappa shape index (κ1) is 57.7. The van der Waals surface area contributed by atoms with E-state index in [1.54, 1.807) is 23.6 Å². The molecule has 2 unspecified atom stereocenters. The standard InChI is InChI=1S/C59H69F3N10O7S2/c1-35-55(80-34-66-35)39-7-5-36(6-8-39)28-65-58(77)46-27-43(73)26-44(46)54(76)56(59(2,3)4)67-50(74)33-70-23-21-69(22-24-70)31-37-15-18-71(19-16-37)42-11-9-38(10-12-42)40-25-45-47(30-64-57(45)63-29-40)53(75)51-48(61)13-14-49(52(51)62)68-81(78,79)72-20-17-41(60)32-72/h5-14,25,29-30,34,37,41,43-44,46,56,68,73H,15-24,26-28,31-33H2,1-4H3,(H,63,64)(H,65,77)(H,67,74)/t41-,43+,44?,46-,56?/m1/s1. The van der Waals surface area contributed by atoms with E-state index in [4.69, 9.17) is 0 Å². The Kier molecular flexibility index (Phi) is 17.2. The number of carbonyl (C=O) groups is 4. The summed E-state index contributed by atoms with van der Waals surface area (Å²) in [6.45, 7) is 13.4. The Hall–Kier alpha value is -6.56. The highest BCUT2D eigenvalue weighted by molar-refractivity contribution is 7.90. The second kappa shape index (κ2) is 24.1. The topological polar surface area (TPSA) is 213 Å². The monoisotopic (exact) mass is 1150 g/mol. The van der Waals surface area contributed by atoms with E-state index >= 15 is 8.78 Å². The van der Waals surface area contributed by atoms with Gasteiger partial charge in [-0.05, 0) is 97.4 Å². The number of amides is 2. The number of thiazole rings is 1. The molecule has 5 N–H and O–H groups in total. The molecule has 2 amide bonds. The molecule has 6 heterocycles. The average Bonchev–Trinajstić information content (AvgIpc) is 4.41. The highest BCUT2D eigenvalue weighted by Crippen LogP contribution is 2.38. The number of fused-ring (bicyclic) bond motifs is 1. The van der Waals surface area contributed by atoms with E-state index in [0.29, 0.717) is 35.6 Å². The van der Waals surface area contributed by atoms with Gasteiger partial charge in [0.25, 0.3) is 0 Å². The summed E-state index contributed by atoms with van der Waals surface area (Å²) in [6, 6.07) is 18.5. The van der Waals surface area contributed by atoms with Gasteiger partial charge in [-0.25, -0.2) is 23.1 Å². The van der Waals surface area contributed by atoms with Gasteiger partial charge in [-0.15, -0.1) is 11.3 Å². The van der Waals surface area contributed by atoms with Crippen LogP contribution in [0.15, 0.2) is 84.6 Å². The third kappa shape index (κ3) is 13.1. The summed E-state index contributed by atoms with van der Waals surface area (Å²) in [6.07, 6.45) is 3.16. The second-order valence-electron chi connectivity index (χ2n) is 23.1. The number of aromatic nitrogens is 3. The number of benzene rings is 3. The quantitative estimate of drug-likeness (QED) is 0.0530. The number of carbonyl (C=O) groups excluding carboxylic acids is 4. The van der Waals surface area contributed by atoms with E-state index in [-0.39, 0.29) is 62.1 Å².